The molecule has 0 nitrogen and oxygen atoms in total. The van der Waals surface area contributed by atoms with Gasteiger partial charge in [-0.3, -0.25) is 0 Å². The average Bonchev–Trinajstić information content (AvgIpc) is 3.72. The highest BCUT2D eigenvalue weighted by atomic mass is 14.3. The lowest BCUT2D eigenvalue weighted by atomic mass is 9.77. The van der Waals surface area contributed by atoms with E-state index < -0.39 is 0 Å². The summed E-state index contributed by atoms with van der Waals surface area (Å²) < 4.78 is 0. The molecule has 0 saturated heterocycles. The third-order valence-corrected chi connectivity index (χ3v) is 14.0. The molecule has 0 spiro atoms. The molecule has 0 amide bonds. The second-order valence-corrected chi connectivity index (χ2v) is 26.0. The minimum atomic E-state index is 0.550. The predicted octanol–water partition coefficient (Wildman–Crippen LogP) is 26.0. The van der Waals surface area contributed by atoms with Gasteiger partial charge in [0, 0.05) is 0 Å². The molecule has 3 fully saturated rings. The summed E-state index contributed by atoms with van der Waals surface area (Å²) in [5.74, 6) is 11.5. The van der Waals surface area contributed by atoms with Crippen LogP contribution in [0.15, 0.2) is 0 Å². The fraction of sp³-hybridized carbons (Fsp3) is 1.00. The SMILES string of the molecule is CC(C)CC(C)C.CC1CC(C)C1.CC1CCCC1.CC1CC[C@H]1C.CCCC(C)(C)C.CCCCC(C)C.CCCCC(C)C.CCCCCCC.CCC[C@H](C)CC.CC[C@H](C)C(C)C. The maximum absolute atomic E-state index is 2.34. The minimum absolute atomic E-state index is 0.550. The van der Waals surface area contributed by atoms with E-state index >= 15 is 0 Å². The van der Waals surface area contributed by atoms with Crippen molar-refractivity contribution in [3.05, 3.63) is 0 Å². The summed E-state index contributed by atoms with van der Waals surface area (Å²) in [7, 11) is 0. The molecule has 1 unspecified atom stereocenters. The molecular formula is C67H148. The van der Waals surface area contributed by atoms with E-state index in [1.54, 1.807) is 0 Å². The highest BCUT2D eigenvalue weighted by molar-refractivity contribution is 4.72. The van der Waals surface area contributed by atoms with Gasteiger partial charge in [-0.1, -0.05) is 335 Å². The van der Waals surface area contributed by atoms with Crippen molar-refractivity contribution in [3.8, 4) is 0 Å². The lowest BCUT2D eigenvalue weighted by Gasteiger charge is -2.29. The Bertz CT molecular complexity index is 760. The third kappa shape index (κ3) is 89.4. The minimum Gasteiger partial charge on any atom is -0.0654 e. The highest BCUT2D eigenvalue weighted by Crippen LogP contribution is 2.32. The third-order valence-electron chi connectivity index (χ3n) is 14.0. The molecule has 0 heterocycles. The molecule has 0 bridgehead atoms. The number of hydrogen-bond acceptors (Lipinski definition) is 0. The van der Waals surface area contributed by atoms with Crippen molar-refractivity contribution in [2.45, 2.75) is 361 Å². The topological polar surface area (TPSA) is 0 Å². The number of rotatable bonds is 18. The molecule has 4 atom stereocenters. The Labute approximate surface area is 435 Å². The first-order chi connectivity index (χ1) is 31.1. The highest BCUT2D eigenvalue weighted by Gasteiger charge is 2.21. The van der Waals surface area contributed by atoms with Gasteiger partial charge in [-0.15, -0.1) is 0 Å². The van der Waals surface area contributed by atoms with Crippen molar-refractivity contribution in [1.29, 1.82) is 0 Å². The van der Waals surface area contributed by atoms with Crippen molar-refractivity contribution in [2.24, 2.45) is 76.4 Å². The molecule has 0 radical (unpaired) electrons. The van der Waals surface area contributed by atoms with Crippen LogP contribution in [-0.2, 0) is 0 Å². The van der Waals surface area contributed by atoms with E-state index in [1.807, 2.05) is 0 Å². The predicted molar refractivity (Wildman–Crippen MR) is 323 cm³/mol. The van der Waals surface area contributed by atoms with Gasteiger partial charge >= 0.3 is 0 Å². The maximum Gasteiger partial charge on any atom is -0.0383 e. The van der Waals surface area contributed by atoms with E-state index in [0.29, 0.717) is 5.41 Å². The fourth-order valence-electron chi connectivity index (χ4n) is 8.03. The van der Waals surface area contributed by atoms with Crippen LogP contribution < -0.4 is 0 Å². The molecule has 0 aromatic heterocycles. The Kier molecular flexibility index (Phi) is 73.0. The van der Waals surface area contributed by atoms with E-state index in [1.165, 1.54) is 167 Å². The van der Waals surface area contributed by atoms with E-state index in [9.17, 15) is 0 Å². The first-order valence-corrected chi connectivity index (χ1v) is 31.1. The molecule has 416 valence electrons. The van der Waals surface area contributed by atoms with Crippen molar-refractivity contribution in [1.82, 2.24) is 0 Å². The van der Waals surface area contributed by atoms with Crippen LogP contribution in [0.25, 0.3) is 0 Å². The van der Waals surface area contributed by atoms with Gasteiger partial charge in [0.2, 0.25) is 0 Å². The molecule has 3 aliphatic rings. The summed E-state index contributed by atoms with van der Waals surface area (Å²) in [5.41, 5.74) is 0.550. The molecule has 0 aromatic carbocycles. The van der Waals surface area contributed by atoms with Gasteiger partial charge in [0.25, 0.3) is 0 Å². The molecule has 0 aromatic rings. The van der Waals surface area contributed by atoms with Crippen molar-refractivity contribution in [3.63, 3.8) is 0 Å². The summed E-state index contributed by atoms with van der Waals surface area (Å²) in [4.78, 5) is 0. The maximum atomic E-state index is 2.34. The zero-order valence-corrected chi connectivity index (χ0v) is 53.8. The molecule has 0 N–H and O–H groups in total. The number of hydrogen-bond donors (Lipinski definition) is 0. The molecule has 0 heteroatoms. The van der Waals surface area contributed by atoms with Crippen molar-refractivity contribution >= 4 is 0 Å². The standard InChI is InChI=1S/7C7H16.3C6H12/c1-6(2)5-7(3)4;1-5-6-7(2,3)4;1-5-7(4)6(2)3;2*1-4-5-6-7(2)3;1-4-6-7(3)5-2;1-3-5-7-6-4-2;1-5-3-6(2)4-5;1-5-3-4-6(5)2;1-6-4-2-3-5-6/h6-7H,5H2,1-4H3;5-6H2,1-4H3;6-7H,5H2,1-4H3;3*7H,4-6H2,1-3H3;3-7H2,1-2H3;2*5-6H,3-4H2,1-2H3;6H,2-5H2,1H3/t;;7-;;;7-;;;5-,6?;/m..0..1..1./s1. The van der Waals surface area contributed by atoms with E-state index in [-0.39, 0.29) is 0 Å². The van der Waals surface area contributed by atoms with E-state index in [4.69, 9.17) is 0 Å². The molecule has 0 aliphatic heterocycles. The zero-order chi connectivity index (χ0) is 53.8. The Morgan fingerprint density at radius 3 is 0.836 bits per heavy atom. The summed E-state index contributed by atoms with van der Waals surface area (Å²) in [5, 5.41) is 0. The van der Waals surface area contributed by atoms with Crippen molar-refractivity contribution < 1.29 is 0 Å². The first kappa shape index (κ1) is 81.1. The van der Waals surface area contributed by atoms with Crippen molar-refractivity contribution in [2.75, 3.05) is 0 Å². The van der Waals surface area contributed by atoms with Crippen LogP contribution >= 0.6 is 0 Å². The van der Waals surface area contributed by atoms with Crippen LogP contribution in [0.3, 0.4) is 0 Å². The molecule has 3 rings (SSSR count). The Balaban J connectivity index is -0.000000119. The molecule has 67 heavy (non-hydrogen) atoms. The van der Waals surface area contributed by atoms with E-state index in [2.05, 4.69) is 194 Å². The lowest BCUT2D eigenvalue weighted by Crippen LogP contribution is -2.18. The quantitative estimate of drug-likeness (QED) is 0.120. The van der Waals surface area contributed by atoms with Gasteiger partial charge in [-0.05, 0) is 102 Å². The molecule has 3 aliphatic carbocycles. The van der Waals surface area contributed by atoms with Crippen LogP contribution in [0.2, 0.25) is 0 Å². The Morgan fingerprint density at radius 1 is 0.388 bits per heavy atom. The van der Waals surface area contributed by atoms with Crippen LogP contribution in [0.4, 0.5) is 0 Å². The van der Waals surface area contributed by atoms with Gasteiger partial charge in [0.1, 0.15) is 0 Å². The van der Waals surface area contributed by atoms with Gasteiger partial charge in [0.15, 0.2) is 0 Å². The van der Waals surface area contributed by atoms with E-state index in [0.717, 1.165) is 71.0 Å². The van der Waals surface area contributed by atoms with Crippen LogP contribution in [0.1, 0.15) is 361 Å². The monoisotopic (exact) mass is 953 g/mol. The average molecular weight is 954 g/mol. The van der Waals surface area contributed by atoms with Crippen LogP contribution in [-0.4, -0.2) is 0 Å². The van der Waals surface area contributed by atoms with Crippen LogP contribution in [0.5, 0.6) is 0 Å². The zero-order valence-electron chi connectivity index (χ0n) is 53.8. The van der Waals surface area contributed by atoms with Crippen LogP contribution in [0, 0.1) is 76.4 Å². The Morgan fingerprint density at radius 2 is 0.761 bits per heavy atom. The second kappa shape index (κ2) is 60.3. The summed E-state index contributed by atoms with van der Waals surface area (Å²) in [6.07, 6.45) is 36.5. The summed E-state index contributed by atoms with van der Waals surface area (Å²) >= 11 is 0. The summed E-state index contributed by atoms with van der Waals surface area (Å²) in [6.45, 7) is 63.7. The lowest BCUT2D eigenvalue weighted by molar-refractivity contribution is 0.219. The number of unbranched alkanes of at least 4 members (excludes halogenated alkanes) is 6. The van der Waals surface area contributed by atoms with Gasteiger partial charge in [-0.25, -0.2) is 0 Å². The normalized spacial score (nSPS) is 18.9. The molecular weight excluding hydrogens is 805 g/mol. The molecule has 3 saturated carbocycles. The second-order valence-electron chi connectivity index (χ2n) is 26.0. The van der Waals surface area contributed by atoms with Gasteiger partial charge < -0.3 is 0 Å². The first-order valence-electron chi connectivity index (χ1n) is 31.1. The Hall–Kier alpha value is 0. The summed E-state index contributed by atoms with van der Waals surface area (Å²) in [6, 6.07) is 0. The van der Waals surface area contributed by atoms with Gasteiger partial charge in [0.05, 0.1) is 0 Å². The largest absolute Gasteiger partial charge is 0.0654 e. The smallest absolute Gasteiger partial charge is 0.0383 e. The fourth-order valence-corrected chi connectivity index (χ4v) is 8.03. The van der Waals surface area contributed by atoms with Gasteiger partial charge in [-0.2, -0.15) is 0 Å².